The Hall–Kier alpha value is -3.16. The van der Waals surface area contributed by atoms with Crippen LogP contribution in [0.1, 0.15) is 33.6 Å². The highest BCUT2D eigenvalue weighted by molar-refractivity contribution is 9.09. The number of amides is 3. The number of ether oxygens (including phenoxy) is 1. The van der Waals surface area contributed by atoms with Crippen LogP contribution in [0.3, 0.4) is 0 Å². The largest absolute Gasteiger partial charge is 0.494 e. The number of rotatable bonds is 11. The molecule has 3 unspecified atom stereocenters. The fraction of sp³-hybridized carbons (Fsp3) is 0.516. The molecule has 0 radical (unpaired) electrons. The lowest BCUT2D eigenvalue weighted by atomic mass is 9.70. The van der Waals surface area contributed by atoms with Crippen LogP contribution < -0.4 is 15.4 Å². The fourth-order valence-electron chi connectivity index (χ4n) is 7.15. The fourth-order valence-corrected chi connectivity index (χ4v) is 10.7. The number of benzene rings is 2. The average Bonchev–Trinajstić information content (AvgIpc) is 3.74. The van der Waals surface area contributed by atoms with Crippen molar-refractivity contribution in [3.63, 3.8) is 0 Å². The first-order chi connectivity index (χ1) is 21.2. The third-order valence-corrected chi connectivity index (χ3v) is 12.6. The van der Waals surface area contributed by atoms with Crippen LogP contribution in [0.15, 0.2) is 48.5 Å². The van der Waals surface area contributed by atoms with Gasteiger partial charge < -0.3 is 25.4 Å². The maximum atomic E-state index is 14.5. The second kappa shape index (κ2) is 12.3. The zero-order valence-electron chi connectivity index (χ0n) is 24.9. The number of fused-ring (bicyclic) bond motifs is 2. The van der Waals surface area contributed by atoms with Gasteiger partial charge in [-0.1, -0.05) is 53.5 Å². The second-order valence-electron chi connectivity index (χ2n) is 11.8. The van der Waals surface area contributed by atoms with E-state index in [1.807, 2.05) is 45.0 Å². The first kappa shape index (κ1) is 30.8. The number of halogens is 1. The van der Waals surface area contributed by atoms with Crippen molar-refractivity contribution in [1.29, 1.82) is 0 Å². The third-order valence-electron chi connectivity index (χ3n) is 9.38. The number of para-hydroxylation sites is 1. The number of aliphatic hydroxyl groups is 1. The molecule has 3 amide bonds. The van der Waals surface area contributed by atoms with Crippen LogP contribution in [0.25, 0.3) is 11.0 Å². The number of nitrogens with zero attached hydrogens (tertiary/aromatic N) is 4. The van der Waals surface area contributed by atoms with Crippen LogP contribution in [0.5, 0.6) is 5.75 Å². The molecule has 4 heterocycles. The summed E-state index contributed by atoms with van der Waals surface area (Å²) in [6.07, 6.45) is 1.26. The predicted molar refractivity (Wildman–Crippen MR) is 171 cm³/mol. The van der Waals surface area contributed by atoms with Crippen molar-refractivity contribution >= 4 is 62.1 Å². The highest BCUT2D eigenvalue weighted by Crippen LogP contribution is 2.68. The number of hydrogen-bond donors (Lipinski definition) is 3. The summed E-state index contributed by atoms with van der Waals surface area (Å²) in [6.45, 7) is 6.21. The maximum Gasteiger partial charge on any atom is 0.245 e. The van der Waals surface area contributed by atoms with Gasteiger partial charge in [-0.05, 0) is 55.7 Å². The highest BCUT2D eigenvalue weighted by Gasteiger charge is 2.76. The summed E-state index contributed by atoms with van der Waals surface area (Å²) < 4.78 is 6.29. The molecule has 234 valence electrons. The number of hydrogen-bond acceptors (Lipinski definition) is 8. The van der Waals surface area contributed by atoms with Crippen LogP contribution >= 0.6 is 27.7 Å². The van der Waals surface area contributed by atoms with E-state index in [9.17, 15) is 19.5 Å². The minimum absolute atomic E-state index is 0.0631. The SMILES string of the molecule is CCOc1ccc(NC(=O)[C@H]2[C@@H]3SC4(CC3Br)C(C(=O)NCn3nnc5ccccc53)N([C@@H](CO)[C@@H](C)CC)C(=O)[C@H]24)cc1. The molecule has 13 heteroatoms. The number of thioether (sulfide) groups is 1. The molecule has 8 atom stereocenters. The molecule has 6 rings (SSSR count). The van der Waals surface area contributed by atoms with E-state index in [1.165, 1.54) is 0 Å². The molecular formula is C31H37BrN6O5S. The quantitative estimate of drug-likeness (QED) is 0.261. The van der Waals surface area contributed by atoms with Gasteiger partial charge in [0.2, 0.25) is 17.7 Å². The number of aromatic nitrogens is 3. The zero-order valence-corrected chi connectivity index (χ0v) is 27.3. The number of alkyl halides is 1. The summed E-state index contributed by atoms with van der Waals surface area (Å²) in [7, 11) is 0. The monoisotopic (exact) mass is 684 g/mol. The van der Waals surface area contributed by atoms with Gasteiger partial charge in [-0.25, -0.2) is 4.68 Å². The van der Waals surface area contributed by atoms with Crippen molar-refractivity contribution in [2.24, 2.45) is 17.8 Å². The van der Waals surface area contributed by atoms with E-state index in [4.69, 9.17) is 4.74 Å². The number of aliphatic hydroxyl groups excluding tert-OH is 1. The van der Waals surface area contributed by atoms with Gasteiger partial charge in [0.1, 0.15) is 24.0 Å². The third kappa shape index (κ3) is 5.06. The Morgan fingerprint density at radius 3 is 2.64 bits per heavy atom. The molecule has 11 nitrogen and oxygen atoms in total. The first-order valence-corrected chi connectivity index (χ1v) is 16.9. The number of anilines is 1. The van der Waals surface area contributed by atoms with E-state index in [-0.39, 0.29) is 47.0 Å². The van der Waals surface area contributed by atoms with Gasteiger partial charge in [-0.15, -0.1) is 16.9 Å². The molecule has 1 aromatic heterocycles. The Kier molecular flexibility index (Phi) is 8.64. The lowest BCUT2D eigenvalue weighted by Crippen LogP contribution is -2.58. The summed E-state index contributed by atoms with van der Waals surface area (Å²) in [6, 6.07) is 13.2. The van der Waals surface area contributed by atoms with Crippen LogP contribution in [0, 0.1) is 17.8 Å². The van der Waals surface area contributed by atoms with E-state index < -0.39 is 28.7 Å². The zero-order chi connectivity index (χ0) is 31.2. The van der Waals surface area contributed by atoms with E-state index in [1.54, 1.807) is 45.6 Å². The van der Waals surface area contributed by atoms with Crippen molar-refractivity contribution in [2.75, 3.05) is 18.5 Å². The minimum Gasteiger partial charge on any atom is -0.494 e. The Morgan fingerprint density at radius 1 is 1.18 bits per heavy atom. The normalized spacial score (nSPS) is 28.6. The highest BCUT2D eigenvalue weighted by atomic mass is 79.9. The summed E-state index contributed by atoms with van der Waals surface area (Å²) >= 11 is 5.37. The molecule has 3 aliphatic rings. The average molecular weight is 686 g/mol. The van der Waals surface area contributed by atoms with Crippen molar-refractivity contribution < 1.29 is 24.2 Å². The number of carbonyl (C=O) groups excluding carboxylic acids is 3. The summed E-state index contributed by atoms with van der Waals surface area (Å²) in [5, 5.41) is 24.8. The molecular weight excluding hydrogens is 648 g/mol. The number of nitrogens with one attached hydrogen (secondary N) is 2. The molecule has 2 bridgehead atoms. The van der Waals surface area contributed by atoms with E-state index in [0.717, 1.165) is 5.52 Å². The summed E-state index contributed by atoms with van der Waals surface area (Å²) in [5.74, 6) is -1.57. The van der Waals surface area contributed by atoms with Gasteiger partial charge in [0, 0.05) is 15.8 Å². The van der Waals surface area contributed by atoms with Gasteiger partial charge >= 0.3 is 0 Å². The maximum absolute atomic E-state index is 14.5. The van der Waals surface area contributed by atoms with Crippen molar-refractivity contribution in [2.45, 2.75) is 67.2 Å². The van der Waals surface area contributed by atoms with Gasteiger partial charge in [-0.2, -0.15) is 0 Å². The molecule has 3 N–H and O–H groups in total. The topological polar surface area (TPSA) is 139 Å². The smallest absolute Gasteiger partial charge is 0.245 e. The van der Waals surface area contributed by atoms with Crippen LogP contribution in [0.2, 0.25) is 0 Å². The molecule has 3 aliphatic heterocycles. The second-order valence-corrected chi connectivity index (χ2v) is 14.5. The molecule has 1 spiro atoms. The van der Waals surface area contributed by atoms with E-state index in [0.29, 0.717) is 36.4 Å². The Bertz CT molecular complexity index is 1550. The molecule has 3 fully saturated rings. The Labute approximate surface area is 268 Å². The van der Waals surface area contributed by atoms with Gasteiger partial charge in [0.05, 0.1) is 41.4 Å². The lowest BCUT2D eigenvalue weighted by Gasteiger charge is -2.39. The number of likely N-dealkylation sites (tertiary alicyclic amines) is 1. The van der Waals surface area contributed by atoms with Gasteiger partial charge in [-0.3, -0.25) is 14.4 Å². The van der Waals surface area contributed by atoms with Gasteiger partial charge in [0.15, 0.2) is 0 Å². The molecule has 0 saturated carbocycles. The minimum atomic E-state index is -0.876. The molecule has 44 heavy (non-hydrogen) atoms. The van der Waals surface area contributed by atoms with Crippen molar-refractivity contribution in [3.05, 3.63) is 48.5 Å². The molecule has 3 aromatic rings. The molecule has 2 aromatic carbocycles. The predicted octanol–water partition coefficient (Wildman–Crippen LogP) is 3.41. The standard InChI is InChI=1S/C31H37BrN6O5S/c1-4-17(3)23(15-39)38-27(29(41)33-16-37-22-9-7-6-8-21(22)35-36-37)31-14-20(32)26(44-31)24(25(31)30(38)42)28(40)34-18-10-12-19(13-11-18)43-5-2/h6-13,17,20,23-27,39H,4-5,14-16H2,1-3H3,(H,33,41)(H,34,40)/t17-,20?,23-,24+,25-,26+,27?,31?/m0/s1. The van der Waals surface area contributed by atoms with Crippen molar-refractivity contribution in [3.8, 4) is 5.75 Å². The van der Waals surface area contributed by atoms with E-state index in [2.05, 4.69) is 36.9 Å². The summed E-state index contributed by atoms with van der Waals surface area (Å²) in [5.41, 5.74) is 2.10. The number of carbonyl (C=O) groups is 3. The first-order valence-electron chi connectivity index (χ1n) is 15.1. The summed E-state index contributed by atoms with van der Waals surface area (Å²) in [4.78, 5) is 44.2. The van der Waals surface area contributed by atoms with Crippen molar-refractivity contribution in [1.82, 2.24) is 25.2 Å². The van der Waals surface area contributed by atoms with E-state index >= 15 is 0 Å². The lowest BCUT2D eigenvalue weighted by molar-refractivity contribution is -0.143. The van der Waals surface area contributed by atoms with Crippen LogP contribution in [-0.2, 0) is 21.1 Å². The molecule has 3 saturated heterocycles. The van der Waals surface area contributed by atoms with Crippen LogP contribution in [0.4, 0.5) is 5.69 Å². The molecule has 0 aliphatic carbocycles. The van der Waals surface area contributed by atoms with Crippen LogP contribution in [-0.4, -0.2) is 82.8 Å². The van der Waals surface area contributed by atoms with Gasteiger partial charge in [0.25, 0.3) is 0 Å². The Morgan fingerprint density at radius 2 is 1.93 bits per heavy atom. The Balaban J connectivity index is 1.32.